The Bertz CT molecular complexity index is 658. The van der Waals surface area contributed by atoms with Crippen LogP contribution in [0.2, 0.25) is 0 Å². The molecule has 2 rings (SSSR count). The minimum atomic E-state index is -1.01. The normalized spacial score (nSPS) is 10.7. The summed E-state index contributed by atoms with van der Waals surface area (Å²) >= 11 is 3.12. The zero-order valence-electron chi connectivity index (χ0n) is 10.2. The number of hydrogen-bond acceptors (Lipinski definition) is 3. The quantitative estimate of drug-likeness (QED) is 0.839. The van der Waals surface area contributed by atoms with Crippen molar-refractivity contribution in [2.45, 2.75) is 0 Å². The van der Waals surface area contributed by atoms with Crippen LogP contribution in [0.4, 0.5) is 5.69 Å². The number of aliphatic carboxylic acids is 1. The Morgan fingerprint density at radius 3 is 2.40 bits per heavy atom. The Balaban J connectivity index is 2.03. The molecule has 0 bridgehead atoms. The van der Waals surface area contributed by atoms with Crippen molar-refractivity contribution in [2.75, 3.05) is 5.32 Å². The molecule has 0 spiro atoms. The van der Waals surface area contributed by atoms with E-state index in [1.54, 1.807) is 36.4 Å². The third kappa shape index (κ3) is 3.83. The SMILES string of the molecule is O=C(O)/C=C/c1ccc(NC(=O)c2ccc(Br)o2)cc1. The summed E-state index contributed by atoms with van der Waals surface area (Å²) in [6.45, 7) is 0. The van der Waals surface area contributed by atoms with Gasteiger partial charge in [-0.1, -0.05) is 12.1 Å². The lowest BCUT2D eigenvalue weighted by atomic mass is 10.2. The van der Waals surface area contributed by atoms with Gasteiger partial charge in [0.1, 0.15) is 0 Å². The van der Waals surface area contributed by atoms with E-state index in [-0.39, 0.29) is 11.7 Å². The van der Waals surface area contributed by atoms with Gasteiger partial charge in [-0.25, -0.2) is 4.79 Å². The van der Waals surface area contributed by atoms with Crippen molar-refractivity contribution >= 4 is 39.6 Å². The Morgan fingerprint density at radius 1 is 1.15 bits per heavy atom. The minimum absolute atomic E-state index is 0.201. The predicted molar refractivity (Wildman–Crippen MR) is 77.5 cm³/mol. The van der Waals surface area contributed by atoms with E-state index >= 15 is 0 Å². The predicted octanol–water partition coefficient (Wildman–Crippen LogP) is 3.39. The average molecular weight is 336 g/mol. The molecule has 0 saturated heterocycles. The zero-order valence-corrected chi connectivity index (χ0v) is 11.8. The molecule has 0 aliphatic heterocycles. The topological polar surface area (TPSA) is 79.5 Å². The van der Waals surface area contributed by atoms with Gasteiger partial charge in [0, 0.05) is 11.8 Å². The summed E-state index contributed by atoms with van der Waals surface area (Å²) in [4.78, 5) is 22.2. The summed E-state index contributed by atoms with van der Waals surface area (Å²) in [7, 11) is 0. The molecule has 0 radical (unpaired) electrons. The van der Waals surface area contributed by atoms with Gasteiger partial charge in [0.05, 0.1) is 0 Å². The summed E-state index contributed by atoms with van der Waals surface area (Å²) in [6.07, 6.45) is 2.52. The molecule has 1 heterocycles. The van der Waals surface area contributed by atoms with Gasteiger partial charge < -0.3 is 14.8 Å². The molecule has 6 heteroatoms. The van der Waals surface area contributed by atoms with Gasteiger partial charge in [0.25, 0.3) is 5.91 Å². The van der Waals surface area contributed by atoms with Crippen LogP contribution >= 0.6 is 15.9 Å². The second-order valence-electron chi connectivity index (χ2n) is 3.85. The summed E-state index contributed by atoms with van der Waals surface area (Å²) in [5.74, 6) is -1.16. The van der Waals surface area contributed by atoms with Crippen molar-refractivity contribution in [1.29, 1.82) is 0 Å². The fourth-order valence-corrected chi connectivity index (χ4v) is 1.78. The van der Waals surface area contributed by atoms with E-state index in [1.165, 1.54) is 6.08 Å². The molecule has 5 nitrogen and oxygen atoms in total. The number of nitrogens with one attached hydrogen (secondary N) is 1. The van der Waals surface area contributed by atoms with Crippen molar-refractivity contribution in [3.8, 4) is 0 Å². The van der Waals surface area contributed by atoms with Gasteiger partial charge in [-0.2, -0.15) is 0 Å². The second kappa shape index (κ2) is 6.21. The van der Waals surface area contributed by atoms with E-state index in [9.17, 15) is 9.59 Å². The second-order valence-corrected chi connectivity index (χ2v) is 4.63. The van der Waals surface area contributed by atoms with Gasteiger partial charge in [-0.3, -0.25) is 4.79 Å². The first-order valence-electron chi connectivity index (χ1n) is 5.62. The Kier molecular flexibility index (Phi) is 4.37. The van der Waals surface area contributed by atoms with Crippen LogP contribution in [-0.4, -0.2) is 17.0 Å². The highest BCUT2D eigenvalue weighted by Gasteiger charge is 2.10. The summed E-state index contributed by atoms with van der Waals surface area (Å²) in [5.41, 5.74) is 1.32. The lowest BCUT2D eigenvalue weighted by Gasteiger charge is -2.03. The highest BCUT2D eigenvalue weighted by molar-refractivity contribution is 9.10. The average Bonchev–Trinajstić information content (AvgIpc) is 2.85. The summed E-state index contributed by atoms with van der Waals surface area (Å²) < 4.78 is 5.62. The van der Waals surface area contributed by atoms with E-state index in [0.717, 1.165) is 11.6 Å². The van der Waals surface area contributed by atoms with Crippen LogP contribution in [0.1, 0.15) is 16.1 Å². The maximum absolute atomic E-state index is 11.8. The molecule has 0 aliphatic carbocycles. The number of amides is 1. The molecular weight excluding hydrogens is 326 g/mol. The number of carboxylic acids is 1. The van der Waals surface area contributed by atoms with Crippen molar-refractivity contribution < 1.29 is 19.1 Å². The maximum atomic E-state index is 11.8. The fourth-order valence-electron chi connectivity index (χ4n) is 1.47. The van der Waals surface area contributed by atoms with Crippen LogP contribution in [-0.2, 0) is 4.79 Å². The molecule has 1 aromatic carbocycles. The number of halogens is 1. The number of hydrogen-bond donors (Lipinski definition) is 2. The van der Waals surface area contributed by atoms with E-state index in [0.29, 0.717) is 10.4 Å². The molecule has 0 unspecified atom stereocenters. The van der Waals surface area contributed by atoms with E-state index in [4.69, 9.17) is 9.52 Å². The van der Waals surface area contributed by atoms with Gasteiger partial charge in [0.2, 0.25) is 0 Å². The summed E-state index contributed by atoms with van der Waals surface area (Å²) in [5, 5.41) is 11.2. The molecular formula is C14H10BrNO4. The largest absolute Gasteiger partial charge is 0.478 e. The minimum Gasteiger partial charge on any atom is -0.478 e. The first kappa shape index (κ1) is 14.1. The monoisotopic (exact) mass is 335 g/mol. The number of furan rings is 1. The van der Waals surface area contributed by atoms with Crippen molar-refractivity contribution in [2.24, 2.45) is 0 Å². The van der Waals surface area contributed by atoms with Crippen molar-refractivity contribution in [3.63, 3.8) is 0 Å². The van der Waals surface area contributed by atoms with Gasteiger partial charge in [0.15, 0.2) is 10.4 Å². The molecule has 0 saturated carbocycles. The molecule has 2 N–H and O–H groups in total. The molecule has 0 aliphatic rings. The van der Waals surface area contributed by atoms with Gasteiger partial charge >= 0.3 is 5.97 Å². The van der Waals surface area contributed by atoms with Crippen LogP contribution in [0.3, 0.4) is 0 Å². The van der Waals surface area contributed by atoms with E-state index in [2.05, 4.69) is 21.2 Å². The molecule has 102 valence electrons. The fraction of sp³-hybridized carbons (Fsp3) is 0. The molecule has 1 amide bonds. The standard InChI is InChI=1S/C14H10BrNO4/c15-12-7-6-11(20-12)14(19)16-10-4-1-9(2-5-10)3-8-13(17)18/h1-8H,(H,16,19)(H,17,18)/b8-3+. The number of rotatable bonds is 4. The van der Waals surface area contributed by atoms with Crippen LogP contribution in [0.15, 0.2) is 51.6 Å². The lowest BCUT2D eigenvalue weighted by molar-refractivity contribution is -0.131. The number of carboxylic acid groups (broad SMARTS) is 1. The number of carbonyl (C=O) groups excluding carboxylic acids is 1. The highest BCUT2D eigenvalue weighted by Crippen LogP contribution is 2.16. The number of benzene rings is 1. The Morgan fingerprint density at radius 2 is 1.85 bits per heavy atom. The zero-order chi connectivity index (χ0) is 14.5. The van der Waals surface area contributed by atoms with Crippen LogP contribution in [0.5, 0.6) is 0 Å². The van der Waals surface area contributed by atoms with E-state index in [1.807, 2.05) is 0 Å². The van der Waals surface area contributed by atoms with E-state index < -0.39 is 5.97 Å². The molecule has 20 heavy (non-hydrogen) atoms. The van der Waals surface area contributed by atoms with Crippen LogP contribution < -0.4 is 5.32 Å². The smallest absolute Gasteiger partial charge is 0.328 e. The Hall–Kier alpha value is -2.34. The molecule has 2 aromatic rings. The molecule has 0 fully saturated rings. The Labute approximate surface area is 123 Å². The molecule has 1 aromatic heterocycles. The number of carbonyl (C=O) groups is 2. The molecule has 0 atom stereocenters. The summed E-state index contributed by atoms with van der Waals surface area (Å²) in [6, 6.07) is 9.95. The van der Waals surface area contributed by atoms with Gasteiger partial charge in [-0.05, 0) is 51.8 Å². The third-order valence-corrected chi connectivity index (χ3v) is 2.81. The lowest BCUT2D eigenvalue weighted by Crippen LogP contribution is -2.10. The van der Waals surface area contributed by atoms with Gasteiger partial charge in [-0.15, -0.1) is 0 Å². The number of anilines is 1. The first-order chi connectivity index (χ1) is 9.54. The van der Waals surface area contributed by atoms with Crippen molar-refractivity contribution in [1.82, 2.24) is 0 Å². The first-order valence-corrected chi connectivity index (χ1v) is 6.41. The van der Waals surface area contributed by atoms with Crippen LogP contribution in [0, 0.1) is 0 Å². The third-order valence-electron chi connectivity index (χ3n) is 2.38. The van der Waals surface area contributed by atoms with Crippen molar-refractivity contribution in [3.05, 3.63) is 58.5 Å². The maximum Gasteiger partial charge on any atom is 0.328 e. The highest BCUT2D eigenvalue weighted by atomic mass is 79.9. The van der Waals surface area contributed by atoms with Crippen LogP contribution in [0.25, 0.3) is 6.08 Å².